The summed E-state index contributed by atoms with van der Waals surface area (Å²) in [5.41, 5.74) is 0.552. The summed E-state index contributed by atoms with van der Waals surface area (Å²) in [5, 5.41) is 3.81. The van der Waals surface area contributed by atoms with Gasteiger partial charge in [0.05, 0.1) is 12.7 Å². The summed E-state index contributed by atoms with van der Waals surface area (Å²) in [6.45, 7) is 1.80. The number of carbonyl (C=O) groups excluding carboxylic acids is 1. The molecule has 98 valence electrons. The lowest BCUT2D eigenvalue weighted by molar-refractivity contribution is 0.0740. The molecule has 1 N–H and O–H groups in total. The monoisotopic (exact) mass is 268 g/mol. The standard InChI is InChI=1S/C13H17ClN2O2/c1-16(10-5-6-15-8-10)13(17)11-4-3-9(14)7-12(11)18-2/h3-4,7,10,15H,5-6,8H2,1-2H3. The van der Waals surface area contributed by atoms with Gasteiger partial charge in [-0.1, -0.05) is 11.6 Å². The Bertz CT molecular complexity index is 445. The number of likely N-dealkylation sites (N-methyl/N-ethyl adjacent to an activating group) is 1. The fourth-order valence-electron chi connectivity index (χ4n) is 2.17. The van der Waals surface area contributed by atoms with E-state index in [1.54, 1.807) is 30.2 Å². The Hall–Kier alpha value is -1.26. The predicted octanol–water partition coefficient (Wildman–Crippen LogP) is 1.78. The van der Waals surface area contributed by atoms with Crippen LogP contribution in [0.1, 0.15) is 16.8 Å². The molecule has 0 aromatic heterocycles. The molecule has 0 aliphatic carbocycles. The SMILES string of the molecule is COc1cc(Cl)ccc1C(=O)N(C)C1CCNC1. The van der Waals surface area contributed by atoms with Crippen molar-refractivity contribution in [3.8, 4) is 5.75 Å². The first-order chi connectivity index (χ1) is 8.63. The second kappa shape index (κ2) is 5.59. The molecular weight excluding hydrogens is 252 g/mol. The number of rotatable bonds is 3. The van der Waals surface area contributed by atoms with E-state index in [4.69, 9.17) is 16.3 Å². The lowest BCUT2D eigenvalue weighted by Gasteiger charge is -2.24. The van der Waals surface area contributed by atoms with Gasteiger partial charge in [0.25, 0.3) is 5.91 Å². The molecule has 1 aliphatic rings. The molecule has 5 heteroatoms. The minimum Gasteiger partial charge on any atom is -0.496 e. The fourth-order valence-corrected chi connectivity index (χ4v) is 2.33. The van der Waals surface area contributed by atoms with Gasteiger partial charge in [0.1, 0.15) is 5.75 Å². The number of nitrogens with zero attached hydrogens (tertiary/aromatic N) is 1. The Labute approximate surface area is 112 Å². The molecular formula is C13H17ClN2O2. The Morgan fingerprint density at radius 1 is 1.56 bits per heavy atom. The van der Waals surface area contributed by atoms with E-state index < -0.39 is 0 Å². The van der Waals surface area contributed by atoms with Crippen LogP contribution in [-0.4, -0.2) is 44.1 Å². The lowest BCUT2D eigenvalue weighted by atomic mass is 10.1. The Kier molecular flexibility index (Phi) is 4.09. The number of benzene rings is 1. The summed E-state index contributed by atoms with van der Waals surface area (Å²) in [4.78, 5) is 14.2. The third-order valence-corrected chi connectivity index (χ3v) is 3.53. The van der Waals surface area contributed by atoms with Crippen molar-refractivity contribution in [3.63, 3.8) is 0 Å². The molecule has 0 spiro atoms. The molecule has 1 aromatic rings. The summed E-state index contributed by atoms with van der Waals surface area (Å²) in [5.74, 6) is 0.488. The minimum absolute atomic E-state index is 0.0304. The highest BCUT2D eigenvalue weighted by molar-refractivity contribution is 6.30. The van der Waals surface area contributed by atoms with Crippen LogP contribution in [0, 0.1) is 0 Å². The van der Waals surface area contributed by atoms with Gasteiger partial charge in [0, 0.05) is 24.7 Å². The zero-order valence-electron chi connectivity index (χ0n) is 10.6. The largest absolute Gasteiger partial charge is 0.496 e. The van der Waals surface area contributed by atoms with Gasteiger partial charge in [0.2, 0.25) is 0 Å². The van der Waals surface area contributed by atoms with Gasteiger partial charge in [-0.05, 0) is 31.2 Å². The number of nitrogens with one attached hydrogen (secondary N) is 1. The maximum Gasteiger partial charge on any atom is 0.257 e. The van der Waals surface area contributed by atoms with E-state index in [0.29, 0.717) is 16.3 Å². The summed E-state index contributed by atoms with van der Waals surface area (Å²) in [7, 11) is 3.37. The molecule has 1 atom stereocenters. The number of hydrogen-bond donors (Lipinski definition) is 1. The van der Waals surface area contributed by atoms with Crippen molar-refractivity contribution in [2.75, 3.05) is 27.2 Å². The molecule has 1 fully saturated rings. The van der Waals surface area contributed by atoms with E-state index in [2.05, 4.69) is 5.32 Å². The average molecular weight is 269 g/mol. The van der Waals surface area contributed by atoms with Crippen LogP contribution >= 0.6 is 11.6 Å². The molecule has 0 bridgehead atoms. The van der Waals surface area contributed by atoms with E-state index in [0.717, 1.165) is 19.5 Å². The van der Waals surface area contributed by atoms with Crippen molar-refractivity contribution >= 4 is 17.5 Å². The maximum atomic E-state index is 12.4. The first-order valence-corrected chi connectivity index (χ1v) is 6.32. The molecule has 1 aliphatic heterocycles. The first kappa shape index (κ1) is 13.2. The zero-order chi connectivity index (χ0) is 13.1. The molecule has 1 heterocycles. The molecule has 4 nitrogen and oxygen atoms in total. The second-order valence-electron chi connectivity index (χ2n) is 4.41. The van der Waals surface area contributed by atoms with Crippen LogP contribution in [0.5, 0.6) is 5.75 Å². The molecule has 1 unspecified atom stereocenters. The van der Waals surface area contributed by atoms with Gasteiger partial charge in [-0.25, -0.2) is 0 Å². The Balaban J connectivity index is 2.22. The molecule has 1 amide bonds. The van der Waals surface area contributed by atoms with Gasteiger partial charge in [-0.15, -0.1) is 0 Å². The lowest BCUT2D eigenvalue weighted by Crippen LogP contribution is -2.38. The third kappa shape index (κ3) is 2.60. The number of carbonyl (C=O) groups is 1. The molecule has 0 radical (unpaired) electrons. The highest BCUT2D eigenvalue weighted by atomic mass is 35.5. The molecule has 0 saturated carbocycles. The van der Waals surface area contributed by atoms with Crippen LogP contribution in [0.3, 0.4) is 0 Å². The topological polar surface area (TPSA) is 41.6 Å². The van der Waals surface area contributed by atoms with Crippen LogP contribution < -0.4 is 10.1 Å². The summed E-state index contributed by atoms with van der Waals surface area (Å²) in [6, 6.07) is 5.33. The maximum absolute atomic E-state index is 12.4. The van der Waals surface area contributed by atoms with Crippen molar-refractivity contribution in [2.24, 2.45) is 0 Å². The van der Waals surface area contributed by atoms with Gasteiger partial charge in [-0.3, -0.25) is 4.79 Å². The summed E-state index contributed by atoms with van der Waals surface area (Å²) >= 11 is 5.89. The van der Waals surface area contributed by atoms with Crippen LogP contribution in [0.4, 0.5) is 0 Å². The van der Waals surface area contributed by atoms with Crippen LogP contribution in [0.25, 0.3) is 0 Å². The molecule has 2 rings (SSSR count). The van der Waals surface area contributed by atoms with Crippen LogP contribution in [0.2, 0.25) is 5.02 Å². The fraction of sp³-hybridized carbons (Fsp3) is 0.462. The van der Waals surface area contributed by atoms with Crippen molar-refractivity contribution < 1.29 is 9.53 Å². The van der Waals surface area contributed by atoms with Crippen molar-refractivity contribution in [1.82, 2.24) is 10.2 Å². The normalized spacial score (nSPS) is 18.7. The molecule has 1 aromatic carbocycles. The van der Waals surface area contributed by atoms with Crippen LogP contribution in [-0.2, 0) is 0 Å². The summed E-state index contributed by atoms with van der Waals surface area (Å²) in [6.07, 6.45) is 0.984. The first-order valence-electron chi connectivity index (χ1n) is 5.95. The Morgan fingerprint density at radius 2 is 2.33 bits per heavy atom. The number of hydrogen-bond acceptors (Lipinski definition) is 3. The van der Waals surface area contributed by atoms with E-state index in [1.807, 2.05) is 7.05 Å². The van der Waals surface area contributed by atoms with Gasteiger partial charge >= 0.3 is 0 Å². The molecule has 18 heavy (non-hydrogen) atoms. The van der Waals surface area contributed by atoms with E-state index >= 15 is 0 Å². The zero-order valence-corrected chi connectivity index (χ0v) is 11.3. The highest BCUT2D eigenvalue weighted by Crippen LogP contribution is 2.25. The number of methoxy groups -OCH3 is 1. The van der Waals surface area contributed by atoms with Crippen molar-refractivity contribution in [3.05, 3.63) is 28.8 Å². The van der Waals surface area contributed by atoms with Gasteiger partial charge < -0.3 is 15.0 Å². The number of ether oxygens (including phenoxy) is 1. The number of halogens is 1. The van der Waals surface area contributed by atoms with E-state index in [9.17, 15) is 4.79 Å². The Morgan fingerprint density at radius 3 is 2.94 bits per heavy atom. The molecule has 1 saturated heterocycles. The van der Waals surface area contributed by atoms with Crippen molar-refractivity contribution in [2.45, 2.75) is 12.5 Å². The van der Waals surface area contributed by atoms with E-state index in [-0.39, 0.29) is 11.9 Å². The highest BCUT2D eigenvalue weighted by Gasteiger charge is 2.25. The van der Waals surface area contributed by atoms with Gasteiger partial charge in [-0.2, -0.15) is 0 Å². The van der Waals surface area contributed by atoms with Crippen LogP contribution in [0.15, 0.2) is 18.2 Å². The second-order valence-corrected chi connectivity index (χ2v) is 4.84. The van der Waals surface area contributed by atoms with Crippen molar-refractivity contribution in [1.29, 1.82) is 0 Å². The third-order valence-electron chi connectivity index (χ3n) is 3.30. The van der Waals surface area contributed by atoms with E-state index in [1.165, 1.54) is 0 Å². The van der Waals surface area contributed by atoms with Gasteiger partial charge in [0.15, 0.2) is 0 Å². The minimum atomic E-state index is -0.0304. The smallest absolute Gasteiger partial charge is 0.257 e. The predicted molar refractivity (Wildman–Crippen MR) is 71.4 cm³/mol. The summed E-state index contributed by atoms with van der Waals surface area (Å²) < 4.78 is 5.21. The average Bonchev–Trinajstić information content (AvgIpc) is 2.90. The quantitative estimate of drug-likeness (QED) is 0.909. The number of amides is 1.